The number of hydrogen-bond donors (Lipinski definition) is 2. The van der Waals surface area contributed by atoms with Gasteiger partial charge in [0.05, 0.1) is 0 Å². The summed E-state index contributed by atoms with van der Waals surface area (Å²) < 4.78 is 0. The van der Waals surface area contributed by atoms with Crippen LogP contribution in [-0.4, -0.2) is 44.7 Å². The van der Waals surface area contributed by atoms with Crippen LogP contribution in [0.25, 0.3) is 0 Å². The summed E-state index contributed by atoms with van der Waals surface area (Å²) in [5.74, 6) is 0. The van der Waals surface area contributed by atoms with Gasteiger partial charge in [-0.3, -0.25) is 0 Å². The number of nitrogens with zero attached hydrogens (tertiary/aromatic N) is 1. The molecule has 1 aliphatic rings. The molecule has 0 saturated carbocycles. The Bertz CT molecular complexity index is 374. The van der Waals surface area contributed by atoms with E-state index in [1.807, 2.05) is 0 Å². The first-order valence-corrected chi connectivity index (χ1v) is 7.41. The molecule has 0 amide bonds. The molecular weight excluding hydrogens is 234 g/mol. The largest absolute Gasteiger partial charge is 0.314 e. The molecule has 0 radical (unpaired) electrons. The summed E-state index contributed by atoms with van der Waals surface area (Å²) in [4.78, 5) is 2.47. The van der Waals surface area contributed by atoms with Crippen molar-refractivity contribution in [1.82, 2.24) is 15.5 Å². The molecule has 0 aromatic heterocycles. The Morgan fingerprint density at radius 1 is 1.37 bits per heavy atom. The zero-order chi connectivity index (χ0) is 13.7. The van der Waals surface area contributed by atoms with Crippen LogP contribution in [0.3, 0.4) is 0 Å². The van der Waals surface area contributed by atoms with E-state index in [2.05, 4.69) is 60.8 Å². The smallest absolute Gasteiger partial charge is 0.0332 e. The Morgan fingerprint density at radius 2 is 2.11 bits per heavy atom. The third-order valence-corrected chi connectivity index (χ3v) is 4.29. The maximum absolute atomic E-state index is 3.49. The standard InChI is InChI=1S/C16H27N3/c1-4-13-5-7-14(8-6-13)16(17-2)11-15-12-18-9-10-19(15)3/h5-8,15-18H,4,9-12H2,1-3H3. The number of rotatable bonds is 5. The van der Waals surface area contributed by atoms with Crippen molar-refractivity contribution in [2.24, 2.45) is 0 Å². The van der Waals surface area contributed by atoms with Gasteiger partial charge in [-0.15, -0.1) is 0 Å². The predicted octanol–water partition coefficient (Wildman–Crippen LogP) is 1.80. The topological polar surface area (TPSA) is 27.3 Å². The van der Waals surface area contributed by atoms with Gasteiger partial charge in [-0.2, -0.15) is 0 Å². The Kier molecular flexibility index (Phi) is 5.37. The van der Waals surface area contributed by atoms with Crippen LogP contribution in [0.15, 0.2) is 24.3 Å². The number of piperazine rings is 1. The van der Waals surface area contributed by atoms with Gasteiger partial charge < -0.3 is 15.5 Å². The average Bonchev–Trinajstić information content (AvgIpc) is 2.47. The van der Waals surface area contributed by atoms with Gasteiger partial charge in [-0.1, -0.05) is 31.2 Å². The van der Waals surface area contributed by atoms with Crippen molar-refractivity contribution >= 4 is 0 Å². The lowest BCUT2D eigenvalue weighted by atomic mass is 9.96. The second-order valence-electron chi connectivity index (χ2n) is 5.51. The van der Waals surface area contributed by atoms with Gasteiger partial charge in [-0.05, 0) is 38.1 Å². The van der Waals surface area contributed by atoms with Crippen LogP contribution in [0.1, 0.15) is 30.5 Å². The molecular formula is C16H27N3. The fourth-order valence-corrected chi connectivity index (χ4v) is 2.80. The van der Waals surface area contributed by atoms with E-state index in [-0.39, 0.29) is 0 Å². The van der Waals surface area contributed by atoms with Gasteiger partial charge in [0.2, 0.25) is 0 Å². The zero-order valence-electron chi connectivity index (χ0n) is 12.4. The first kappa shape index (κ1) is 14.5. The molecule has 1 aromatic rings. The third-order valence-electron chi connectivity index (χ3n) is 4.29. The molecule has 1 aliphatic heterocycles. The van der Waals surface area contributed by atoms with E-state index in [9.17, 15) is 0 Å². The quantitative estimate of drug-likeness (QED) is 0.846. The summed E-state index contributed by atoms with van der Waals surface area (Å²) in [5, 5.41) is 6.96. The van der Waals surface area contributed by atoms with Crippen LogP contribution < -0.4 is 10.6 Å². The van der Waals surface area contributed by atoms with Crippen LogP contribution in [0.4, 0.5) is 0 Å². The maximum atomic E-state index is 3.49. The van der Waals surface area contributed by atoms with E-state index in [0.717, 1.165) is 32.5 Å². The van der Waals surface area contributed by atoms with E-state index in [0.29, 0.717) is 12.1 Å². The van der Waals surface area contributed by atoms with Crippen molar-refractivity contribution < 1.29 is 0 Å². The highest BCUT2D eigenvalue weighted by Gasteiger charge is 2.22. The summed E-state index contributed by atoms with van der Waals surface area (Å²) in [6, 6.07) is 10.1. The molecule has 106 valence electrons. The molecule has 0 bridgehead atoms. The molecule has 1 aromatic carbocycles. The molecule has 3 nitrogen and oxygen atoms in total. The van der Waals surface area contributed by atoms with Gasteiger partial charge >= 0.3 is 0 Å². The first-order valence-electron chi connectivity index (χ1n) is 7.41. The molecule has 2 atom stereocenters. The number of hydrogen-bond acceptors (Lipinski definition) is 3. The van der Waals surface area contributed by atoms with Gasteiger partial charge in [-0.25, -0.2) is 0 Å². The van der Waals surface area contributed by atoms with Crippen LogP contribution in [-0.2, 0) is 6.42 Å². The second-order valence-corrected chi connectivity index (χ2v) is 5.51. The van der Waals surface area contributed by atoms with Crippen LogP contribution >= 0.6 is 0 Å². The summed E-state index contributed by atoms with van der Waals surface area (Å²) in [6.45, 7) is 5.56. The fourth-order valence-electron chi connectivity index (χ4n) is 2.80. The highest BCUT2D eigenvalue weighted by atomic mass is 15.2. The highest BCUT2D eigenvalue weighted by Crippen LogP contribution is 2.21. The summed E-state index contributed by atoms with van der Waals surface area (Å²) in [7, 11) is 4.30. The Hall–Kier alpha value is -0.900. The van der Waals surface area contributed by atoms with Crippen LogP contribution in [0.5, 0.6) is 0 Å². The first-order chi connectivity index (χ1) is 9.24. The summed E-state index contributed by atoms with van der Waals surface area (Å²) in [5.41, 5.74) is 2.81. The number of nitrogens with one attached hydrogen (secondary N) is 2. The maximum Gasteiger partial charge on any atom is 0.0332 e. The lowest BCUT2D eigenvalue weighted by Gasteiger charge is -2.35. The van der Waals surface area contributed by atoms with Crippen molar-refractivity contribution in [3.05, 3.63) is 35.4 Å². The fraction of sp³-hybridized carbons (Fsp3) is 0.625. The molecule has 0 aliphatic carbocycles. The number of aryl methyl sites for hydroxylation is 1. The third kappa shape index (κ3) is 3.78. The second kappa shape index (κ2) is 7.04. The Balaban J connectivity index is 2.01. The van der Waals surface area contributed by atoms with E-state index in [1.165, 1.54) is 11.1 Å². The molecule has 1 heterocycles. The average molecular weight is 261 g/mol. The zero-order valence-corrected chi connectivity index (χ0v) is 12.4. The molecule has 2 rings (SSSR count). The molecule has 0 spiro atoms. The lowest BCUT2D eigenvalue weighted by Crippen LogP contribution is -2.50. The van der Waals surface area contributed by atoms with Crippen molar-refractivity contribution in [3.8, 4) is 0 Å². The van der Waals surface area contributed by atoms with Crippen molar-refractivity contribution in [2.75, 3.05) is 33.7 Å². The van der Waals surface area contributed by atoms with Crippen molar-refractivity contribution in [1.29, 1.82) is 0 Å². The van der Waals surface area contributed by atoms with Gasteiger partial charge in [0.25, 0.3) is 0 Å². The minimum atomic E-state index is 0.443. The SMILES string of the molecule is CCc1ccc(C(CC2CNCCN2C)NC)cc1. The number of likely N-dealkylation sites (N-methyl/N-ethyl adjacent to an activating group) is 1. The summed E-state index contributed by atoms with van der Waals surface area (Å²) in [6.07, 6.45) is 2.27. The molecule has 19 heavy (non-hydrogen) atoms. The Labute approximate surface area is 117 Å². The van der Waals surface area contributed by atoms with Crippen LogP contribution in [0.2, 0.25) is 0 Å². The lowest BCUT2D eigenvalue weighted by molar-refractivity contribution is 0.178. The van der Waals surface area contributed by atoms with E-state index < -0.39 is 0 Å². The monoisotopic (exact) mass is 261 g/mol. The predicted molar refractivity (Wildman–Crippen MR) is 81.5 cm³/mol. The normalized spacial score (nSPS) is 22.4. The van der Waals surface area contributed by atoms with Gasteiger partial charge in [0, 0.05) is 31.7 Å². The Morgan fingerprint density at radius 3 is 2.68 bits per heavy atom. The van der Waals surface area contributed by atoms with E-state index in [1.54, 1.807) is 0 Å². The molecule has 1 fully saturated rings. The summed E-state index contributed by atoms with van der Waals surface area (Å²) >= 11 is 0. The molecule has 1 saturated heterocycles. The molecule has 3 heteroatoms. The van der Waals surface area contributed by atoms with Crippen molar-refractivity contribution in [3.63, 3.8) is 0 Å². The highest BCUT2D eigenvalue weighted by molar-refractivity contribution is 5.25. The van der Waals surface area contributed by atoms with Gasteiger partial charge in [0.15, 0.2) is 0 Å². The minimum absolute atomic E-state index is 0.443. The van der Waals surface area contributed by atoms with E-state index >= 15 is 0 Å². The molecule has 2 N–H and O–H groups in total. The van der Waals surface area contributed by atoms with Crippen molar-refractivity contribution in [2.45, 2.75) is 31.8 Å². The minimum Gasteiger partial charge on any atom is -0.314 e. The number of benzene rings is 1. The van der Waals surface area contributed by atoms with Gasteiger partial charge in [0.1, 0.15) is 0 Å². The molecule has 2 unspecified atom stereocenters. The van der Waals surface area contributed by atoms with E-state index in [4.69, 9.17) is 0 Å². The van der Waals surface area contributed by atoms with Crippen LogP contribution in [0, 0.1) is 0 Å².